The number of piperazine rings is 1. The summed E-state index contributed by atoms with van der Waals surface area (Å²) in [5, 5.41) is 7.42. The maximum atomic E-state index is 14.0. The van der Waals surface area contributed by atoms with Gasteiger partial charge in [0.15, 0.2) is 5.65 Å². The van der Waals surface area contributed by atoms with Crippen molar-refractivity contribution in [3.05, 3.63) is 82.9 Å². The van der Waals surface area contributed by atoms with Gasteiger partial charge in [0.1, 0.15) is 11.5 Å². The molecule has 0 spiro atoms. The van der Waals surface area contributed by atoms with E-state index < -0.39 is 17.6 Å². The number of pyridine rings is 1. The van der Waals surface area contributed by atoms with Crippen molar-refractivity contribution in [2.24, 2.45) is 0 Å². The summed E-state index contributed by atoms with van der Waals surface area (Å²) < 4.78 is 49.3. The number of nitrogens with one attached hydrogen (secondary N) is 1. The van der Waals surface area contributed by atoms with E-state index in [2.05, 4.69) is 43.8 Å². The first-order valence-electron chi connectivity index (χ1n) is 15.8. The number of ether oxygens (including phenoxy) is 1. The van der Waals surface area contributed by atoms with Crippen LogP contribution < -0.4 is 10.2 Å². The fourth-order valence-corrected chi connectivity index (χ4v) is 5.98. The molecular formula is C34H37F3N8O2. The van der Waals surface area contributed by atoms with Crippen molar-refractivity contribution >= 4 is 23.1 Å². The number of likely N-dealkylation sites (N-methyl/N-ethyl adjacent to an activating group) is 1. The lowest BCUT2D eigenvalue weighted by molar-refractivity contribution is -0.138. The van der Waals surface area contributed by atoms with E-state index >= 15 is 0 Å². The lowest BCUT2D eigenvalue weighted by atomic mass is 10.0. The average molecular weight is 647 g/mol. The molecular weight excluding hydrogens is 609 g/mol. The number of hydrogen-bond acceptors (Lipinski definition) is 8. The lowest BCUT2D eigenvalue weighted by Crippen LogP contribution is -2.44. The number of aromatic nitrogens is 4. The third kappa shape index (κ3) is 7.73. The molecule has 2 saturated heterocycles. The van der Waals surface area contributed by atoms with Crippen molar-refractivity contribution in [2.75, 3.05) is 63.2 Å². The Hall–Kier alpha value is -4.51. The number of imidazole rings is 1. The van der Waals surface area contributed by atoms with Gasteiger partial charge in [-0.1, -0.05) is 12.0 Å². The van der Waals surface area contributed by atoms with Crippen LogP contribution in [0.15, 0.2) is 55.0 Å². The van der Waals surface area contributed by atoms with E-state index in [1.165, 1.54) is 24.5 Å². The summed E-state index contributed by atoms with van der Waals surface area (Å²) in [6, 6.07) is 9.70. The summed E-state index contributed by atoms with van der Waals surface area (Å²) in [6.45, 7) is 7.56. The van der Waals surface area contributed by atoms with Gasteiger partial charge < -0.3 is 19.9 Å². The first-order chi connectivity index (χ1) is 22.7. The van der Waals surface area contributed by atoms with E-state index in [0.29, 0.717) is 36.0 Å². The standard InChI is InChI=1S/C34H37F3N8O2/c1-3-44(28-10-16-47-17-11-28)32-9-8-31-39-22-29(45(31)41-32)7-4-24-18-26(21-38-20-24)33(46)40-27-6-5-25(30(19-27)34(35,36)37)23-43-14-12-42(2)13-15-43/h5-6,8-9,18-22,28H,3,10-17,23H2,1-2H3,(H,40,46). The van der Waals surface area contributed by atoms with E-state index in [4.69, 9.17) is 9.84 Å². The summed E-state index contributed by atoms with van der Waals surface area (Å²) >= 11 is 0. The van der Waals surface area contributed by atoms with Crippen LogP contribution in [0.2, 0.25) is 0 Å². The van der Waals surface area contributed by atoms with Gasteiger partial charge in [-0.05, 0) is 68.6 Å². The Morgan fingerprint density at radius 3 is 2.57 bits per heavy atom. The van der Waals surface area contributed by atoms with Crippen molar-refractivity contribution in [1.82, 2.24) is 29.4 Å². The minimum absolute atomic E-state index is 0.0513. The van der Waals surface area contributed by atoms with Crippen molar-refractivity contribution in [3.8, 4) is 11.8 Å². The summed E-state index contributed by atoms with van der Waals surface area (Å²) in [7, 11) is 2.00. The Balaban J connectivity index is 1.18. The van der Waals surface area contributed by atoms with Crippen LogP contribution in [-0.2, 0) is 17.5 Å². The number of rotatable bonds is 7. The molecule has 10 nitrogen and oxygen atoms in total. The number of carbonyl (C=O) groups excluding carboxylic acids is 1. The highest BCUT2D eigenvalue weighted by atomic mass is 19.4. The van der Waals surface area contributed by atoms with E-state index in [-0.39, 0.29) is 23.4 Å². The zero-order chi connectivity index (χ0) is 33.0. The third-order valence-electron chi connectivity index (χ3n) is 8.61. The highest BCUT2D eigenvalue weighted by Gasteiger charge is 2.34. The summed E-state index contributed by atoms with van der Waals surface area (Å²) in [5.41, 5.74) is 1.32. The summed E-state index contributed by atoms with van der Waals surface area (Å²) in [6.07, 6.45) is 1.82. The zero-order valence-corrected chi connectivity index (χ0v) is 26.4. The monoisotopic (exact) mass is 646 g/mol. The van der Waals surface area contributed by atoms with Gasteiger partial charge in [-0.3, -0.25) is 14.7 Å². The van der Waals surface area contributed by atoms with Crippen LogP contribution in [0.3, 0.4) is 0 Å². The predicted octanol–water partition coefficient (Wildman–Crippen LogP) is 4.55. The minimum Gasteiger partial charge on any atom is -0.381 e. The lowest BCUT2D eigenvalue weighted by Gasteiger charge is -2.34. The van der Waals surface area contributed by atoms with Crippen LogP contribution in [0.1, 0.15) is 52.5 Å². The number of nitrogens with zero attached hydrogens (tertiary/aromatic N) is 7. The molecule has 47 heavy (non-hydrogen) atoms. The molecule has 5 heterocycles. The minimum atomic E-state index is -4.56. The maximum absolute atomic E-state index is 14.0. The molecule has 0 aliphatic carbocycles. The second kappa shape index (κ2) is 14.1. The van der Waals surface area contributed by atoms with Gasteiger partial charge in [0.05, 0.1) is 17.3 Å². The fourth-order valence-electron chi connectivity index (χ4n) is 5.98. The van der Waals surface area contributed by atoms with Crippen LogP contribution in [0.5, 0.6) is 0 Å². The molecule has 2 aliphatic rings. The molecule has 13 heteroatoms. The zero-order valence-electron chi connectivity index (χ0n) is 26.4. The molecule has 4 aromatic rings. The van der Waals surface area contributed by atoms with Crippen molar-refractivity contribution in [2.45, 2.75) is 38.5 Å². The maximum Gasteiger partial charge on any atom is 0.416 e. The fraction of sp³-hybridized carbons (Fsp3) is 0.412. The number of benzene rings is 1. The van der Waals surface area contributed by atoms with Crippen LogP contribution in [-0.4, -0.2) is 94.3 Å². The number of hydrogen-bond donors (Lipinski definition) is 1. The largest absolute Gasteiger partial charge is 0.416 e. The van der Waals surface area contributed by atoms with Gasteiger partial charge in [-0.2, -0.15) is 13.2 Å². The molecule has 1 N–H and O–H groups in total. The number of halogens is 3. The molecule has 1 amide bonds. The van der Waals surface area contributed by atoms with Crippen molar-refractivity contribution in [1.29, 1.82) is 0 Å². The molecule has 0 bridgehead atoms. The number of carbonyl (C=O) groups is 1. The second-order valence-corrected chi connectivity index (χ2v) is 11.9. The number of amides is 1. The highest BCUT2D eigenvalue weighted by molar-refractivity contribution is 6.04. The molecule has 1 aromatic carbocycles. The Morgan fingerprint density at radius 1 is 1.04 bits per heavy atom. The molecule has 6 rings (SSSR count). The molecule has 2 aliphatic heterocycles. The Labute approximate surface area is 271 Å². The van der Waals surface area contributed by atoms with Crippen LogP contribution in [0.25, 0.3) is 5.65 Å². The SMILES string of the molecule is CCN(c1ccc2ncc(C#Cc3cncc(C(=O)Nc4ccc(CN5CCN(C)CC5)c(C(F)(F)F)c4)c3)n2n1)C1CCOCC1. The quantitative estimate of drug-likeness (QED) is 0.293. The topological polar surface area (TPSA) is 91.1 Å². The van der Waals surface area contributed by atoms with E-state index in [1.807, 2.05) is 24.1 Å². The van der Waals surface area contributed by atoms with E-state index in [0.717, 1.165) is 57.6 Å². The Bertz CT molecular complexity index is 1780. The van der Waals surface area contributed by atoms with E-state index in [1.54, 1.807) is 16.8 Å². The smallest absolute Gasteiger partial charge is 0.381 e. The molecule has 2 fully saturated rings. The molecule has 0 unspecified atom stereocenters. The molecule has 0 saturated carbocycles. The Morgan fingerprint density at radius 2 is 1.83 bits per heavy atom. The average Bonchev–Trinajstić information content (AvgIpc) is 3.48. The molecule has 246 valence electrons. The summed E-state index contributed by atoms with van der Waals surface area (Å²) in [4.78, 5) is 28.1. The van der Waals surface area contributed by atoms with Crippen LogP contribution in [0.4, 0.5) is 24.7 Å². The van der Waals surface area contributed by atoms with Gasteiger partial charge in [-0.25, -0.2) is 9.50 Å². The van der Waals surface area contributed by atoms with Crippen LogP contribution in [0, 0.1) is 11.8 Å². The number of fused-ring (bicyclic) bond motifs is 1. The van der Waals surface area contributed by atoms with Crippen LogP contribution >= 0.6 is 0 Å². The van der Waals surface area contributed by atoms with Crippen molar-refractivity contribution < 1.29 is 22.7 Å². The third-order valence-corrected chi connectivity index (χ3v) is 8.61. The van der Waals surface area contributed by atoms with Gasteiger partial charge in [0.25, 0.3) is 5.91 Å². The first kappa shape index (κ1) is 32.4. The van der Waals surface area contributed by atoms with Gasteiger partial charge in [-0.15, -0.1) is 5.10 Å². The molecule has 3 aromatic heterocycles. The van der Waals surface area contributed by atoms with E-state index in [9.17, 15) is 18.0 Å². The normalized spacial score (nSPS) is 16.5. The number of alkyl halides is 3. The Kier molecular flexibility index (Phi) is 9.72. The molecule has 0 radical (unpaired) electrons. The number of anilines is 2. The highest BCUT2D eigenvalue weighted by Crippen LogP contribution is 2.35. The summed E-state index contributed by atoms with van der Waals surface area (Å²) in [5.74, 6) is 6.34. The van der Waals surface area contributed by atoms with Gasteiger partial charge in [0, 0.05) is 82.2 Å². The second-order valence-electron chi connectivity index (χ2n) is 11.9. The first-order valence-corrected chi connectivity index (χ1v) is 15.8. The predicted molar refractivity (Wildman–Crippen MR) is 172 cm³/mol. The van der Waals surface area contributed by atoms with Gasteiger partial charge >= 0.3 is 6.18 Å². The van der Waals surface area contributed by atoms with Crippen molar-refractivity contribution in [3.63, 3.8) is 0 Å². The molecule has 0 atom stereocenters. The van der Waals surface area contributed by atoms with Gasteiger partial charge in [0.2, 0.25) is 0 Å².